The average molecular weight is 295 g/mol. The molecule has 0 aromatic heterocycles. The second-order valence-electron chi connectivity index (χ2n) is 5.87. The lowest BCUT2D eigenvalue weighted by Gasteiger charge is -2.26. The lowest BCUT2D eigenvalue weighted by atomic mass is 10.2. The van der Waals surface area contributed by atoms with Crippen molar-refractivity contribution in [2.45, 2.75) is 32.2 Å². The zero-order valence-corrected chi connectivity index (χ0v) is 13.6. The van der Waals surface area contributed by atoms with Gasteiger partial charge in [-0.3, -0.25) is 9.69 Å². The Morgan fingerprint density at radius 2 is 2.24 bits per heavy atom. The number of nitrogens with two attached hydrogens (primary N) is 1. The molecule has 1 atom stereocenters. The largest absolute Gasteiger partial charge is 0.370 e. The average Bonchev–Trinajstić information content (AvgIpc) is 2.88. The number of guanidine groups is 1. The Hall–Kier alpha value is -1.56. The maximum Gasteiger partial charge on any atom is 0.239 e. The first-order chi connectivity index (χ1) is 9.91. The van der Waals surface area contributed by atoms with Crippen LogP contribution in [0.3, 0.4) is 0 Å². The molecule has 120 valence electrons. The van der Waals surface area contributed by atoms with Crippen molar-refractivity contribution in [3.8, 4) is 0 Å². The standard InChI is InChI=1S/C15H29N5O/c1-12(2)11-18-15(16)17-8-6-10-20-9-5-7-13(20)14(21)19(3)4/h13H,1,5-11H2,2-4H3,(H3,16,17,18). The first-order valence-electron chi connectivity index (χ1n) is 7.55. The number of amides is 1. The molecule has 0 aromatic rings. The second-order valence-corrected chi connectivity index (χ2v) is 5.87. The highest BCUT2D eigenvalue weighted by molar-refractivity contribution is 5.81. The first kappa shape index (κ1) is 17.5. The summed E-state index contributed by atoms with van der Waals surface area (Å²) in [6.45, 7) is 8.94. The fraction of sp³-hybridized carbons (Fsp3) is 0.733. The molecule has 0 radical (unpaired) electrons. The minimum atomic E-state index is 0.0504. The molecule has 1 aliphatic rings. The zero-order valence-electron chi connectivity index (χ0n) is 13.6. The summed E-state index contributed by atoms with van der Waals surface area (Å²) in [4.78, 5) is 20.2. The van der Waals surface area contributed by atoms with E-state index in [2.05, 4.69) is 21.8 Å². The molecule has 0 bridgehead atoms. The molecule has 6 nitrogen and oxygen atoms in total. The summed E-state index contributed by atoms with van der Waals surface area (Å²) >= 11 is 0. The number of likely N-dealkylation sites (tertiary alicyclic amines) is 1. The van der Waals surface area contributed by atoms with Gasteiger partial charge in [0.05, 0.1) is 12.6 Å². The number of carbonyl (C=O) groups excluding carboxylic acids is 1. The van der Waals surface area contributed by atoms with Gasteiger partial charge in [0.15, 0.2) is 5.96 Å². The van der Waals surface area contributed by atoms with Crippen LogP contribution in [0.25, 0.3) is 0 Å². The molecule has 1 unspecified atom stereocenters. The molecular weight excluding hydrogens is 266 g/mol. The van der Waals surface area contributed by atoms with Gasteiger partial charge in [-0.2, -0.15) is 0 Å². The Kier molecular flexibility index (Phi) is 7.22. The fourth-order valence-electron chi connectivity index (χ4n) is 2.45. The molecule has 1 heterocycles. The predicted molar refractivity (Wildman–Crippen MR) is 87.2 cm³/mol. The third-order valence-corrected chi connectivity index (χ3v) is 3.54. The van der Waals surface area contributed by atoms with Gasteiger partial charge >= 0.3 is 0 Å². The van der Waals surface area contributed by atoms with Crippen LogP contribution in [0.15, 0.2) is 17.1 Å². The Bertz CT molecular complexity index is 392. The summed E-state index contributed by atoms with van der Waals surface area (Å²) in [5.41, 5.74) is 6.74. The number of aliphatic imine (C=N–C) groups is 1. The Morgan fingerprint density at radius 3 is 2.86 bits per heavy atom. The van der Waals surface area contributed by atoms with E-state index >= 15 is 0 Å². The van der Waals surface area contributed by atoms with Crippen LogP contribution in [-0.4, -0.2) is 68.0 Å². The molecule has 21 heavy (non-hydrogen) atoms. The molecule has 1 rings (SSSR count). The van der Waals surface area contributed by atoms with Crippen molar-refractivity contribution in [3.63, 3.8) is 0 Å². The van der Waals surface area contributed by atoms with Gasteiger partial charge in [-0.1, -0.05) is 12.2 Å². The number of likely N-dealkylation sites (N-methyl/N-ethyl adjacent to an activating group) is 1. The third kappa shape index (κ3) is 6.16. The van der Waals surface area contributed by atoms with Crippen LogP contribution in [0.1, 0.15) is 26.2 Å². The van der Waals surface area contributed by atoms with Gasteiger partial charge in [-0.05, 0) is 32.7 Å². The summed E-state index contributed by atoms with van der Waals surface area (Å²) in [7, 11) is 3.64. The van der Waals surface area contributed by atoms with Crippen molar-refractivity contribution < 1.29 is 4.79 Å². The van der Waals surface area contributed by atoms with Gasteiger partial charge in [-0.25, -0.2) is 4.99 Å². The van der Waals surface area contributed by atoms with Gasteiger partial charge in [-0.15, -0.1) is 0 Å². The van der Waals surface area contributed by atoms with Crippen LogP contribution in [-0.2, 0) is 4.79 Å². The van der Waals surface area contributed by atoms with Crippen LogP contribution >= 0.6 is 0 Å². The predicted octanol–water partition coefficient (Wildman–Crippen LogP) is 0.410. The van der Waals surface area contributed by atoms with Gasteiger partial charge in [0.2, 0.25) is 5.91 Å². The molecule has 1 aliphatic heterocycles. The van der Waals surface area contributed by atoms with Crippen molar-refractivity contribution >= 4 is 11.9 Å². The van der Waals surface area contributed by atoms with Crippen LogP contribution in [0, 0.1) is 0 Å². The number of nitrogens with one attached hydrogen (secondary N) is 1. The van der Waals surface area contributed by atoms with Crippen LogP contribution in [0.4, 0.5) is 0 Å². The molecule has 0 spiro atoms. The fourth-order valence-corrected chi connectivity index (χ4v) is 2.45. The smallest absolute Gasteiger partial charge is 0.239 e. The van der Waals surface area contributed by atoms with Crippen molar-refractivity contribution in [2.24, 2.45) is 10.7 Å². The molecule has 0 aliphatic carbocycles. The quantitative estimate of drug-likeness (QED) is 0.309. The molecule has 1 saturated heterocycles. The Morgan fingerprint density at radius 1 is 1.52 bits per heavy atom. The summed E-state index contributed by atoms with van der Waals surface area (Å²) in [6, 6.07) is 0.0504. The van der Waals surface area contributed by atoms with E-state index in [-0.39, 0.29) is 11.9 Å². The number of rotatable bonds is 7. The number of nitrogens with zero attached hydrogens (tertiary/aromatic N) is 3. The normalized spacial score (nSPS) is 19.6. The van der Waals surface area contributed by atoms with E-state index < -0.39 is 0 Å². The van der Waals surface area contributed by atoms with Crippen molar-refractivity contribution in [2.75, 3.05) is 40.3 Å². The topological polar surface area (TPSA) is 74.0 Å². The molecular formula is C15H29N5O. The zero-order chi connectivity index (χ0) is 15.8. The SMILES string of the molecule is C=C(C)CN=C(N)NCCCN1CCCC1C(=O)N(C)C. The lowest BCUT2D eigenvalue weighted by Crippen LogP contribution is -2.43. The number of hydrogen-bond donors (Lipinski definition) is 2. The molecule has 1 amide bonds. The first-order valence-corrected chi connectivity index (χ1v) is 7.55. The molecule has 6 heteroatoms. The van der Waals surface area contributed by atoms with Crippen molar-refractivity contribution in [1.82, 2.24) is 15.1 Å². The highest BCUT2D eigenvalue weighted by atomic mass is 16.2. The van der Waals surface area contributed by atoms with Gasteiger partial charge in [0.1, 0.15) is 0 Å². The van der Waals surface area contributed by atoms with E-state index in [0.29, 0.717) is 12.5 Å². The summed E-state index contributed by atoms with van der Waals surface area (Å²) < 4.78 is 0. The van der Waals surface area contributed by atoms with E-state index in [1.807, 2.05) is 21.0 Å². The van der Waals surface area contributed by atoms with Gasteiger partial charge < -0.3 is 16.0 Å². The van der Waals surface area contributed by atoms with Crippen molar-refractivity contribution in [1.29, 1.82) is 0 Å². The van der Waals surface area contributed by atoms with Crippen LogP contribution in [0.5, 0.6) is 0 Å². The van der Waals surface area contributed by atoms with Gasteiger partial charge in [0.25, 0.3) is 0 Å². The maximum atomic E-state index is 12.1. The van der Waals surface area contributed by atoms with E-state index in [1.165, 1.54) is 0 Å². The number of hydrogen-bond acceptors (Lipinski definition) is 3. The molecule has 0 saturated carbocycles. The summed E-state index contributed by atoms with van der Waals surface area (Å²) in [5.74, 6) is 0.670. The lowest BCUT2D eigenvalue weighted by molar-refractivity contribution is -0.133. The van der Waals surface area contributed by atoms with E-state index in [1.54, 1.807) is 4.90 Å². The highest BCUT2D eigenvalue weighted by Gasteiger charge is 2.30. The Balaban J connectivity index is 2.27. The van der Waals surface area contributed by atoms with E-state index in [9.17, 15) is 4.79 Å². The monoisotopic (exact) mass is 295 g/mol. The highest BCUT2D eigenvalue weighted by Crippen LogP contribution is 2.18. The Labute approximate surface area is 128 Å². The summed E-state index contributed by atoms with van der Waals surface area (Å²) in [6.07, 6.45) is 3.01. The summed E-state index contributed by atoms with van der Waals surface area (Å²) in [5, 5.41) is 3.09. The van der Waals surface area contributed by atoms with Crippen LogP contribution < -0.4 is 11.1 Å². The number of carbonyl (C=O) groups is 1. The van der Waals surface area contributed by atoms with E-state index in [4.69, 9.17) is 5.73 Å². The molecule has 0 aromatic carbocycles. The van der Waals surface area contributed by atoms with Crippen LogP contribution in [0.2, 0.25) is 0 Å². The maximum absolute atomic E-state index is 12.1. The minimum Gasteiger partial charge on any atom is -0.370 e. The van der Waals surface area contributed by atoms with Crippen molar-refractivity contribution in [3.05, 3.63) is 12.2 Å². The minimum absolute atomic E-state index is 0.0504. The van der Waals surface area contributed by atoms with E-state index in [0.717, 1.165) is 44.5 Å². The molecule has 3 N–H and O–H groups in total. The molecule has 1 fully saturated rings. The second kappa shape index (κ2) is 8.67. The third-order valence-electron chi connectivity index (χ3n) is 3.54. The van der Waals surface area contributed by atoms with Gasteiger partial charge in [0, 0.05) is 27.2 Å².